The summed E-state index contributed by atoms with van der Waals surface area (Å²) in [6, 6.07) is 7.22. The Bertz CT molecular complexity index is 424. The Morgan fingerprint density at radius 3 is 2.69 bits per heavy atom. The molecule has 4 heteroatoms. The number of benzene rings is 1. The molecule has 1 aromatic carbocycles. The normalized spacial score (nSPS) is 12.2. The zero-order valence-electron chi connectivity index (χ0n) is 9.60. The van der Waals surface area contributed by atoms with Crippen LogP contribution in [0.3, 0.4) is 0 Å². The van der Waals surface area contributed by atoms with Gasteiger partial charge in [-0.1, -0.05) is 12.1 Å². The SMILES string of the molecule is CC(C)OP(C)c1ccc(C=O)cc1C#N. The van der Waals surface area contributed by atoms with Gasteiger partial charge in [-0.05, 0) is 26.6 Å². The van der Waals surface area contributed by atoms with Crippen molar-refractivity contribution in [1.29, 1.82) is 5.26 Å². The Labute approximate surface area is 96.9 Å². The maximum atomic E-state index is 10.6. The van der Waals surface area contributed by atoms with Crippen molar-refractivity contribution in [2.45, 2.75) is 20.0 Å². The summed E-state index contributed by atoms with van der Waals surface area (Å²) in [7, 11) is -0.798. The van der Waals surface area contributed by atoms with Crippen molar-refractivity contribution in [3.05, 3.63) is 29.3 Å². The van der Waals surface area contributed by atoms with E-state index in [1.807, 2.05) is 20.5 Å². The minimum absolute atomic E-state index is 0.133. The first-order chi connectivity index (χ1) is 7.58. The largest absolute Gasteiger partial charge is 0.352 e. The molecule has 0 aromatic heterocycles. The highest BCUT2D eigenvalue weighted by molar-refractivity contribution is 7.60. The van der Waals surface area contributed by atoms with Gasteiger partial charge in [0.25, 0.3) is 0 Å². The number of hydrogen-bond acceptors (Lipinski definition) is 3. The van der Waals surface area contributed by atoms with E-state index in [0.717, 1.165) is 11.6 Å². The molecule has 0 N–H and O–H groups in total. The van der Waals surface area contributed by atoms with E-state index in [2.05, 4.69) is 6.07 Å². The summed E-state index contributed by atoms with van der Waals surface area (Å²) in [5.74, 6) is 0. The Morgan fingerprint density at radius 2 is 2.19 bits per heavy atom. The van der Waals surface area contributed by atoms with Crippen molar-refractivity contribution in [3.8, 4) is 6.07 Å². The molecule has 0 saturated heterocycles. The first-order valence-corrected chi connectivity index (χ1v) is 6.69. The standard InChI is InChI=1S/C12H14NO2P/c1-9(2)15-16(3)12-5-4-10(8-14)6-11(12)7-13/h4-6,8-9H,1-3H3. The molecular formula is C12H14NO2P. The summed E-state index contributed by atoms with van der Waals surface area (Å²) < 4.78 is 5.68. The number of nitrogens with zero attached hydrogens (tertiary/aromatic N) is 1. The summed E-state index contributed by atoms with van der Waals surface area (Å²) in [5, 5.41) is 9.90. The summed E-state index contributed by atoms with van der Waals surface area (Å²) in [6.07, 6.45) is 0.875. The van der Waals surface area contributed by atoms with Crippen LogP contribution < -0.4 is 5.30 Å². The lowest BCUT2D eigenvalue weighted by molar-refractivity contribution is 0.112. The van der Waals surface area contributed by atoms with Gasteiger partial charge < -0.3 is 4.52 Å². The Hall–Kier alpha value is -1.23. The molecule has 0 heterocycles. The Kier molecular flexibility index (Phi) is 4.61. The monoisotopic (exact) mass is 235 g/mol. The lowest BCUT2D eigenvalue weighted by Crippen LogP contribution is -2.11. The van der Waals surface area contributed by atoms with Crippen LogP contribution in [0.25, 0.3) is 0 Å². The molecule has 0 saturated carbocycles. The summed E-state index contributed by atoms with van der Waals surface area (Å²) >= 11 is 0. The molecule has 0 aliphatic rings. The molecule has 0 radical (unpaired) electrons. The third kappa shape index (κ3) is 3.13. The number of hydrogen-bond donors (Lipinski definition) is 0. The van der Waals surface area contributed by atoms with Crippen molar-refractivity contribution < 1.29 is 9.32 Å². The number of nitriles is 1. The van der Waals surface area contributed by atoms with Gasteiger partial charge in [0.05, 0.1) is 25.9 Å². The molecule has 1 atom stereocenters. The van der Waals surface area contributed by atoms with E-state index >= 15 is 0 Å². The van der Waals surface area contributed by atoms with Crippen LogP contribution in [0.2, 0.25) is 0 Å². The predicted molar refractivity (Wildman–Crippen MR) is 65.2 cm³/mol. The molecule has 1 rings (SSSR count). The number of aldehydes is 1. The topological polar surface area (TPSA) is 50.1 Å². The summed E-state index contributed by atoms with van der Waals surface area (Å²) in [4.78, 5) is 10.6. The van der Waals surface area contributed by atoms with Crippen molar-refractivity contribution in [3.63, 3.8) is 0 Å². The van der Waals surface area contributed by atoms with Crippen LogP contribution in [0, 0.1) is 11.3 Å². The molecule has 3 nitrogen and oxygen atoms in total. The molecule has 1 aromatic rings. The van der Waals surface area contributed by atoms with E-state index in [9.17, 15) is 4.79 Å². The molecule has 0 amide bonds. The van der Waals surface area contributed by atoms with Crippen molar-refractivity contribution in [1.82, 2.24) is 0 Å². The zero-order valence-corrected chi connectivity index (χ0v) is 10.5. The van der Waals surface area contributed by atoms with E-state index in [-0.39, 0.29) is 6.10 Å². The fourth-order valence-corrected chi connectivity index (χ4v) is 2.85. The zero-order chi connectivity index (χ0) is 12.1. The van der Waals surface area contributed by atoms with Crippen LogP contribution in [0.1, 0.15) is 29.8 Å². The van der Waals surface area contributed by atoms with Gasteiger partial charge in [0.2, 0.25) is 0 Å². The van der Waals surface area contributed by atoms with Crippen LogP contribution in [-0.4, -0.2) is 19.1 Å². The molecule has 0 fully saturated rings. The Balaban J connectivity index is 3.04. The third-order valence-corrected chi connectivity index (χ3v) is 3.79. The van der Waals surface area contributed by atoms with Gasteiger partial charge >= 0.3 is 0 Å². The van der Waals surface area contributed by atoms with Gasteiger partial charge in [-0.15, -0.1) is 0 Å². The maximum Gasteiger partial charge on any atom is 0.150 e. The predicted octanol–water partition coefficient (Wildman–Crippen LogP) is 2.45. The second kappa shape index (κ2) is 5.75. The number of carbonyl (C=O) groups is 1. The minimum atomic E-state index is -0.798. The highest BCUT2D eigenvalue weighted by atomic mass is 31.1. The molecular weight excluding hydrogens is 221 g/mol. The van der Waals surface area contributed by atoms with Crippen LogP contribution in [0.5, 0.6) is 0 Å². The van der Waals surface area contributed by atoms with Crippen molar-refractivity contribution >= 4 is 19.7 Å². The van der Waals surface area contributed by atoms with Crippen LogP contribution in [0.15, 0.2) is 18.2 Å². The van der Waals surface area contributed by atoms with Gasteiger partial charge in [-0.3, -0.25) is 4.79 Å². The molecule has 84 valence electrons. The molecule has 0 aliphatic heterocycles. The summed E-state index contributed by atoms with van der Waals surface area (Å²) in [5.41, 5.74) is 1.05. The molecule has 1 unspecified atom stereocenters. The molecule has 0 bridgehead atoms. The first-order valence-electron chi connectivity index (χ1n) is 4.98. The van der Waals surface area contributed by atoms with Gasteiger partial charge in [0.1, 0.15) is 6.29 Å². The van der Waals surface area contributed by atoms with E-state index in [0.29, 0.717) is 11.1 Å². The lowest BCUT2D eigenvalue weighted by atomic mass is 10.1. The van der Waals surface area contributed by atoms with Gasteiger partial charge in [-0.2, -0.15) is 5.26 Å². The fourth-order valence-electron chi connectivity index (χ4n) is 1.36. The van der Waals surface area contributed by atoms with E-state index in [1.165, 1.54) is 0 Å². The number of carbonyl (C=O) groups excluding carboxylic acids is 1. The van der Waals surface area contributed by atoms with Crippen LogP contribution >= 0.6 is 8.15 Å². The average Bonchev–Trinajstić information content (AvgIpc) is 2.27. The first kappa shape index (κ1) is 12.8. The smallest absolute Gasteiger partial charge is 0.150 e. The molecule has 0 spiro atoms. The molecule has 16 heavy (non-hydrogen) atoms. The number of rotatable bonds is 4. The lowest BCUT2D eigenvalue weighted by Gasteiger charge is -2.17. The average molecular weight is 235 g/mol. The van der Waals surface area contributed by atoms with Gasteiger partial charge in [0.15, 0.2) is 0 Å². The third-order valence-electron chi connectivity index (χ3n) is 1.99. The van der Waals surface area contributed by atoms with E-state index in [1.54, 1.807) is 18.2 Å². The van der Waals surface area contributed by atoms with Crippen molar-refractivity contribution in [2.24, 2.45) is 0 Å². The summed E-state index contributed by atoms with van der Waals surface area (Å²) in [6.45, 7) is 5.89. The second-order valence-electron chi connectivity index (χ2n) is 3.66. The second-order valence-corrected chi connectivity index (χ2v) is 5.35. The van der Waals surface area contributed by atoms with Gasteiger partial charge in [-0.25, -0.2) is 0 Å². The van der Waals surface area contributed by atoms with E-state index < -0.39 is 8.15 Å². The van der Waals surface area contributed by atoms with E-state index in [4.69, 9.17) is 9.79 Å². The highest BCUT2D eigenvalue weighted by Crippen LogP contribution is 2.34. The van der Waals surface area contributed by atoms with Crippen molar-refractivity contribution in [2.75, 3.05) is 6.66 Å². The van der Waals surface area contributed by atoms with Crippen LogP contribution in [-0.2, 0) is 4.52 Å². The minimum Gasteiger partial charge on any atom is -0.352 e. The maximum absolute atomic E-state index is 10.6. The fraction of sp³-hybridized carbons (Fsp3) is 0.333. The highest BCUT2D eigenvalue weighted by Gasteiger charge is 2.13. The quantitative estimate of drug-likeness (QED) is 0.595. The Morgan fingerprint density at radius 1 is 1.50 bits per heavy atom. The van der Waals surface area contributed by atoms with Gasteiger partial charge in [0, 0.05) is 10.9 Å². The van der Waals surface area contributed by atoms with Crippen LogP contribution in [0.4, 0.5) is 0 Å². The molecule has 0 aliphatic carbocycles.